The highest BCUT2D eigenvalue weighted by Crippen LogP contribution is 2.16. The summed E-state index contributed by atoms with van der Waals surface area (Å²) in [4.78, 5) is 38.4. The summed E-state index contributed by atoms with van der Waals surface area (Å²) in [6.45, 7) is 6.50. The van der Waals surface area contributed by atoms with Gasteiger partial charge in [0.2, 0.25) is 0 Å². The molecule has 1 unspecified atom stereocenters. The molecule has 0 aliphatic rings. The van der Waals surface area contributed by atoms with E-state index in [4.69, 9.17) is 14.2 Å². The van der Waals surface area contributed by atoms with Gasteiger partial charge >= 0.3 is 17.9 Å². The van der Waals surface area contributed by atoms with Crippen LogP contribution in [-0.4, -0.2) is 37.2 Å². The smallest absolute Gasteiger partial charge is 0.306 e. The summed E-state index contributed by atoms with van der Waals surface area (Å²) >= 11 is 0. The van der Waals surface area contributed by atoms with Gasteiger partial charge in [0, 0.05) is 19.3 Å². The van der Waals surface area contributed by atoms with Crippen molar-refractivity contribution in [1.82, 2.24) is 0 Å². The molecule has 6 heteroatoms. The third kappa shape index (κ3) is 64.9. The van der Waals surface area contributed by atoms with Crippen LogP contribution in [0.15, 0.2) is 109 Å². The largest absolute Gasteiger partial charge is 0.462 e. The van der Waals surface area contributed by atoms with Gasteiger partial charge in [-0.15, -0.1) is 0 Å². The van der Waals surface area contributed by atoms with E-state index in [0.29, 0.717) is 19.3 Å². The fourth-order valence-corrected chi connectivity index (χ4v) is 9.41. The van der Waals surface area contributed by atoms with E-state index in [1.165, 1.54) is 173 Å². The van der Waals surface area contributed by atoms with Crippen molar-refractivity contribution >= 4 is 17.9 Å². The first kappa shape index (κ1) is 76.1. The summed E-state index contributed by atoms with van der Waals surface area (Å²) in [6, 6.07) is 0. The molecule has 0 bridgehead atoms. The number of allylic oxidation sites excluding steroid dienone is 18. The van der Waals surface area contributed by atoms with Gasteiger partial charge in [-0.3, -0.25) is 14.4 Å². The molecule has 6 nitrogen and oxygen atoms in total. The van der Waals surface area contributed by atoms with E-state index in [1.54, 1.807) is 0 Å². The Bertz CT molecular complexity index is 1610. The monoisotopic (exact) mass is 1110 g/mol. The maximum Gasteiger partial charge on any atom is 0.306 e. The van der Waals surface area contributed by atoms with Crippen molar-refractivity contribution in [2.75, 3.05) is 13.2 Å². The summed E-state index contributed by atoms with van der Waals surface area (Å²) in [5.74, 6) is -0.941. The van der Waals surface area contributed by atoms with Crippen molar-refractivity contribution in [1.29, 1.82) is 0 Å². The van der Waals surface area contributed by atoms with Crippen LogP contribution in [-0.2, 0) is 28.6 Å². The first-order valence-corrected chi connectivity index (χ1v) is 33.9. The topological polar surface area (TPSA) is 78.9 Å². The van der Waals surface area contributed by atoms with Crippen molar-refractivity contribution < 1.29 is 28.6 Å². The molecule has 0 aromatic heterocycles. The van der Waals surface area contributed by atoms with E-state index in [0.717, 1.165) is 103 Å². The second-order valence-corrected chi connectivity index (χ2v) is 22.3. The van der Waals surface area contributed by atoms with Gasteiger partial charge in [-0.2, -0.15) is 0 Å². The summed E-state index contributed by atoms with van der Waals surface area (Å²) < 4.78 is 16.9. The van der Waals surface area contributed by atoms with Crippen molar-refractivity contribution in [3.8, 4) is 0 Å². The number of hydrogen-bond donors (Lipinski definition) is 0. The Labute approximate surface area is 495 Å². The van der Waals surface area contributed by atoms with Crippen LogP contribution in [0.25, 0.3) is 0 Å². The Kier molecular flexibility index (Phi) is 64.3. The Morgan fingerprint density at radius 3 is 0.800 bits per heavy atom. The van der Waals surface area contributed by atoms with Gasteiger partial charge in [0.25, 0.3) is 0 Å². The third-order valence-corrected chi connectivity index (χ3v) is 14.5. The molecule has 80 heavy (non-hydrogen) atoms. The van der Waals surface area contributed by atoms with Gasteiger partial charge < -0.3 is 14.2 Å². The van der Waals surface area contributed by atoms with E-state index >= 15 is 0 Å². The Balaban J connectivity index is 4.42. The molecule has 0 spiro atoms. The van der Waals surface area contributed by atoms with Gasteiger partial charge in [0.05, 0.1) is 0 Å². The molecule has 0 heterocycles. The number of hydrogen-bond acceptors (Lipinski definition) is 6. The molecule has 0 aromatic rings. The Hall–Kier alpha value is -3.93. The van der Waals surface area contributed by atoms with E-state index in [2.05, 4.69) is 130 Å². The molecule has 0 fully saturated rings. The van der Waals surface area contributed by atoms with Crippen LogP contribution in [0, 0.1) is 0 Å². The standard InChI is InChI=1S/C74H126O6/c1-4-7-10-13-16-19-22-25-28-31-33-35-36-37-38-40-41-43-46-49-52-55-58-61-64-67-73(76)79-70-71(69-78-72(75)66-63-60-57-54-51-48-45-30-27-24-21-18-15-12-9-6-3)80-74(77)68-65-62-59-56-53-50-47-44-42-39-34-32-29-26-23-20-17-14-11-8-5-2/h8,11,17,20,22,25-26,29-31,33-34,39,44-45,47,53,56,71H,4-7,9-10,12-16,18-19,21,23-24,27-28,32,35-38,40-43,46,48-52,54-55,57-70H2,1-3H3/b11-8-,20-17-,25-22-,29-26-,33-31-,39-34-,45-30-,47-44-,56-53-. The number of carbonyl (C=O) groups is 3. The minimum atomic E-state index is -0.808. The number of unbranched alkanes of at least 4 members (excludes halogenated alkanes) is 32. The second kappa shape index (κ2) is 67.6. The van der Waals surface area contributed by atoms with Gasteiger partial charge in [-0.25, -0.2) is 0 Å². The lowest BCUT2D eigenvalue weighted by molar-refractivity contribution is -0.167. The van der Waals surface area contributed by atoms with E-state index < -0.39 is 6.10 Å². The predicted octanol–water partition coefficient (Wildman–Crippen LogP) is 23.4. The zero-order valence-corrected chi connectivity index (χ0v) is 52.6. The third-order valence-electron chi connectivity index (χ3n) is 14.5. The van der Waals surface area contributed by atoms with Crippen LogP contribution in [0.4, 0.5) is 0 Å². The average molecular weight is 1110 g/mol. The molecule has 0 aliphatic heterocycles. The SMILES string of the molecule is CC/C=C\C/C=C\C/C=C\C/C=C\C/C=C\C/C=C\CCCCC(=O)OC(COC(=O)CCCCCCC/C=C\CCCCCCCCC)COC(=O)CCCCCCCCCCCCCCC/C=C\C/C=C\CCCCCCC. The highest BCUT2D eigenvalue weighted by atomic mass is 16.6. The first-order valence-electron chi connectivity index (χ1n) is 33.9. The lowest BCUT2D eigenvalue weighted by Crippen LogP contribution is -2.30. The molecule has 0 aliphatic carbocycles. The summed E-state index contributed by atoms with van der Waals surface area (Å²) in [6.07, 6.45) is 92.5. The molecule has 1 atom stereocenters. The van der Waals surface area contributed by atoms with Crippen LogP contribution in [0.2, 0.25) is 0 Å². The van der Waals surface area contributed by atoms with Crippen LogP contribution in [0.1, 0.15) is 323 Å². The number of carbonyl (C=O) groups excluding carboxylic acids is 3. The van der Waals surface area contributed by atoms with Crippen LogP contribution < -0.4 is 0 Å². The van der Waals surface area contributed by atoms with Gasteiger partial charge in [0.15, 0.2) is 6.10 Å². The minimum Gasteiger partial charge on any atom is -0.462 e. The average Bonchev–Trinajstić information content (AvgIpc) is 3.46. The number of rotatable bonds is 61. The molecule has 458 valence electrons. The normalized spacial score (nSPS) is 12.8. The molecule has 0 aromatic carbocycles. The zero-order chi connectivity index (χ0) is 57.8. The quantitative estimate of drug-likeness (QED) is 0.0261. The lowest BCUT2D eigenvalue weighted by Gasteiger charge is -2.18. The molecule has 0 N–H and O–H groups in total. The first-order chi connectivity index (χ1) is 39.5. The number of ether oxygens (including phenoxy) is 3. The summed E-state index contributed by atoms with van der Waals surface area (Å²) in [5, 5.41) is 0. The van der Waals surface area contributed by atoms with E-state index in [1.807, 2.05) is 0 Å². The molecular formula is C74H126O6. The Morgan fingerprint density at radius 1 is 0.263 bits per heavy atom. The van der Waals surface area contributed by atoms with Crippen molar-refractivity contribution in [3.63, 3.8) is 0 Å². The second-order valence-electron chi connectivity index (χ2n) is 22.3. The molecule has 0 saturated carbocycles. The fourth-order valence-electron chi connectivity index (χ4n) is 9.41. The molecule has 0 rings (SSSR count). The van der Waals surface area contributed by atoms with Crippen LogP contribution in [0.5, 0.6) is 0 Å². The summed E-state index contributed by atoms with van der Waals surface area (Å²) in [7, 11) is 0. The van der Waals surface area contributed by atoms with Crippen molar-refractivity contribution in [2.45, 2.75) is 329 Å². The van der Waals surface area contributed by atoms with Crippen molar-refractivity contribution in [3.05, 3.63) is 109 Å². The Morgan fingerprint density at radius 2 is 0.487 bits per heavy atom. The highest BCUT2D eigenvalue weighted by Gasteiger charge is 2.19. The summed E-state index contributed by atoms with van der Waals surface area (Å²) in [5.41, 5.74) is 0. The zero-order valence-electron chi connectivity index (χ0n) is 52.6. The lowest BCUT2D eigenvalue weighted by atomic mass is 10.0. The van der Waals surface area contributed by atoms with Gasteiger partial charge in [-0.05, 0) is 128 Å². The van der Waals surface area contributed by atoms with Gasteiger partial charge in [0.1, 0.15) is 13.2 Å². The van der Waals surface area contributed by atoms with E-state index in [9.17, 15) is 14.4 Å². The molecule has 0 radical (unpaired) electrons. The highest BCUT2D eigenvalue weighted by molar-refractivity contribution is 5.71. The van der Waals surface area contributed by atoms with Crippen molar-refractivity contribution in [2.24, 2.45) is 0 Å². The van der Waals surface area contributed by atoms with Crippen LogP contribution >= 0.6 is 0 Å². The molecule has 0 amide bonds. The molecular weight excluding hydrogens is 985 g/mol. The van der Waals surface area contributed by atoms with Gasteiger partial charge in [-0.1, -0.05) is 284 Å². The molecule has 0 saturated heterocycles. The maximum absolute atomic E-state index is 12.9. The minimum absolute atomic E-state index is 0.0985. The maximum atomic E-state index is 12.9. The van der Waals surface area contributed by atoms with Crippen LogP contribution in [0.3, 0.4) is 0 Å². The number of esters is 3. The van der Waals surface area contributed by atoms with E-state index in [-0.39, 0.29) is 37.5 Å². The predicted molar refractivity (Wildman–Crippen MR) is 348 cm³/mol. The fraction of sp³-hybridized carbons (Fsp3) is 0.716.